The number of rotatable bonds is 4. The van der Waals surface area contributed by atoms with Crippen LogP contribution in [-0.2, 0) is 12.7 Å². The second-order valence-electron chi connectivity index (χ2n) is 6.39. The van der Waals surface area contributed by atoms with Crippen molar-refractivity contribution in [3.63, 3.8) is 0 Å². The molecule has 6 nitrogen and oxygen atoms in total. The predicted octanol–water partition coefficient (Wildman–Crippen LogP) is 4.42. The largest absolute Gasteiger partial charge is 0.417 e. The van der Waals surface area contributed by atoms with Crippen molar-refractivity contribution in [3.05, 3.63) is 86.8 Å². The van der Waals surface area contributed by atoms with Gasteiger partial charge in [-0.25, -0.2) is 4.98 Å². The van der Waals surface area contributed by atoms with Gasteiger partial charge in [0.2, 0.25) is 4.96 Å². The number of halogens is 4. The van der Waals surface area contributed by atoms with Crippen molar-refractivity contribution in [2.45, 2.75) is 12.7 Å². The molecule has 0 aliphatic rings. The number of nitrogens with one attached hydrogen (secondary N) is 1. The van der Waals surface area contributed by atoms with E-state index in [1.807, 2.05) is 0 Å². The first-order chi connectivity index (χ1) is 14.7. The summed E-state index contributed by atoms with van der Waals surface area (Å²) in [6.07, 6.45) is -4.67. The summed E-state index contributed by atoms with van der Waals surface area (Å²) in [5.74, 6) is -0.920. The summed E-state index contributed by atoms with van der Waals surface area (Å²) in [5.41, 5.74) is -1.20. The van der Waals surface area contributed by atoms with E-state index in [0.29, 0.717) is 15.6 Å². The Morgan fingerprint density at radius 3 is 2.58 bits per heavy atom. The molecule has 0 aliphatic carbocycles. The van der Waals surface area contributed by atoms with Crippen LogP contribution >= 0.6 is 22.9 Å². The molecular formula is C20H12ClF3N4O2S. The van der Waals surface area contributed by atoms with Gasteiger partial charge in [0.15, 0.2) is 0 Å². The third-order valence-corrected chi connectivity index (χ3v) is 5.58. The Balaban J connectivity index is 1.60. The highest BCUT2D eigenvalue weighted by Gasteiger charge is 2.34. The lowest BCUT2D eigenvalue weighted by Crippen LogP contribution is -2.27. The first-order valence-corrected chi connectivity index (χ1v) is 10.0. The van der Waals surface area contributed by atoms with Gasteiger partial charge in [0.05, 0.1) is 28.4 Å². The molecule has 1 amide bonds. The van der Waals surface area contributed by atoms with E-state index >= 15 is 0 Å². The van der Waals surface area contributed by atoms with Gasteiger partial charge in [-0.15, -0.1) is 0 Å². The number of carbonyl (C=O) groups is 1. The summed E-state index contributed by atoms with van der Waals surface area (Å²) in [4.78, 5) is 29.3. The average Bonchev–Trinajstić information content (AvgIpc) is 3.16. The van der Waals surface area contributed by atoms with Crippen LogP contribution in [0.15, 0.2) is 59.4 Å². The van der Waals surface area contributed by atoms with Gasteiger partial charge < -0.3 is 5.32 Å². The van der Waals surface area contributed by atoms with Crippen molar-refractivity contribution in [2.75, 3.05) is 0 Å². The van der Waals surface area contributed by atoms with Gasteiger partial charge in [-0.05, 0) is 18.2 Å². The Morgan fingerprint density at radius 2 is 1.84 bits per heavy atom. The van der Waals surface area contributed by atoms with Gasteiger partial charge in [-0.3, -0.25) is 9.59 Å². The highest BCUT2D eigenvalue weighted by Crippen LogP contribution is 2.32. The Bertz CT molecular complexity index is 1350. The topological polar surface area (TPSA) is 76.4 Å². The lowest BCUT2D eigenvalue weighted by atomic mass is 10.1. The Morgan fingerprint density at radius 1 is 1.13 bits per heavy atom. The molecule has 0 spiro atoms. The van der Waals surface area contributed by atoms with Crippen molar-refractivity contribution in [3.8, 4) is 10.6 Å². The number of hydrogen-bond acceptors (Lipinski definition) is 5. The van der Waals surface area contributed by atoms with E-state index in [0.717, 1.165) is 28.0 Å². The highest BCUT2D eigenvalue weighted by molar-refractivity contribution is 7.19. The Labute approximate surface area is 181 Å². The first-order valence-electron chi connectivity index (χ1n) is 8.83. The molecule has 0 radical (unpaired) electrons. The smallest absolute Gasteiger partial charge is 0.346 e. The van der Waals surface area contributed by atoms with Crippen molar-refractivity contribution in [2.24, 2.45) is 0 Å². The highest BCUT2D eigenvalue weighted by atomic mass is 35.5. The molecule has 158 valence electrons. The van der Waals surface area contributed by atoms with Crippen LogP contribution in [0.4, 0.5) is 13.2 Å². The van der Waals surface area contributed by atoms with Crippen molar-refractivity contribution >= 4 is 33.8 Å². The molecule has 0 fully saturated rings. The summed E-state index contributed by atoms with van der Waals surface area (Å²) in [5, 5.41) is 7.56. The third-order valence-electron chi connectivity index (χ3n) is 4.31. The summed E-state index contributed by atoms with van der Waals surface area (Å²) < 4.78 is 40.5. The van der Waals surface area contributed by atoms with E-state index in [1.165, 1.54) is 18.2 Å². The Kier molecular flexibility index (Phi) is 5.50. The number of aromatic nitrogens is 3. The van der Waals surface area contributed by atoms with Crippen LogP contribution < -0.4 is 10.9 Å². The predicted molar refractivity (Wildman–Crippen MR) is 110 cm³/mol. The van der Waals surface area contributed by atoms with E-state index in [2.05, 4.69) is 15.4 Å². The monoisotopic (exact) mass is 464 g/mol. The molecule has 31 heavy (non-hydrogen) atoms. The van der Waals surface area contributed by atoms with Gasteiger partial charge in [0, 0.05) is 11.6 Å². The molecule has 0 saturated carbocycles. The van der Waals surface area contributed by atoms with Gasteiger partial charge >= 0.3 is 6.18 Å². The maximum Gasteiger partial charge on any atom is 0.417 e. The van der Waals surface area contributed by atoms with E-state index in [9.17, 15) is 22.8 Å². The molecular weight excluding hydrogens is 453 g/mol. The van der Waals surface area contributed by atoms with Crippen LogP contribution in [0.25, 0.3) is 15.5 Å². The zero-order valence-electron chi connectivity index (χ0n) is 15.5. The second kappa shape index (κ2) is 8.12. The zero-order valence-corrected chi connectivity index (χ0v) is 17.1. The quantitative estimate of drug-likeness (QED) is 0.485. The molecule has 0 unspecified atom stereocenters. The number of hydrogen-bond donors (Lipinski definition) is 1. The molecule has 4 rings (SSSR count). The molecule has 2 aromatic heterocycles. The van der Waals surface area contributed by atoms with Gasteiger partial charge in [0.1, 0.15) is 5.01 Å². The molecule has 4 aromatic rings. The molecule has 0 saturated heterocycles. The van der Waals surface area contributed by atoms with Crippen LogP contribution in [0.5, 0.6) is 0 Å². The number of amides is 1. The second-order valence-corrected chi connectivity index (χ2v) is 7.76. The van der Waals surface area contributed by atoms with Crippen LogP contribution in [0, 0.1) is 0 Å². The third kappa shape index (κ3) is 4.30. The van der Waals surface area contributed by atoms with Crippen LogP contribution in [0.2, 0.25) is 5.02 Å². The van der Waals surface area contributed by atoms with Crippen LogP contribution in [0.1, 0.15) is 21.6 Å². The summed E-state index contributed by atoms with van der Waals surface area (Å²) >= 11 is 7.30. The first kappa shape index (κ1) is 21.0. The van der Waals surface area contributed by atoms with Crippen LogP contribution in [0.3, 0.4) is 0 Å². The lowest BCUT2D eigenvalue weighted by molar-refractivity contribution is -0.137. The fraction of sp³-hybridized carbons (Fsp3) is 0.100. The average molecular weight is 465 g/mol. The maximum absolute atomic E-state index is 13.1. The van der Waals surface area contributed by atoms with E-state index < -0.39 is 28.8 Å². The molecule has 0 aliphatic heterocycles. The SMILES string of the molecule is O=C(NCc1cc(=O)n2nc(-c3ccccc3Cl)sc2n1)c1ccccc1C(F)(F)F. The molecule has 11 heteroatoms. The molecule has 0 bridgehead atoms. The number of fused-ring (bicyclic) bond motifs is 1. The minimum absolute atomic E-state index is 0.192. The molecule has 0 atom stereocenters. The van der Waals surface area contributed by atoms with Crippen molar-refractivity contribution in [1.82, 2.24) is 19.9 Å². The molecule has 2 heterocycles. The number of carbonyl (C=O) groups excluding carboxylic acids is 1. The maximum atomic E-state index is 13.1. The number of nitrogens with zero attached hydrogens (tertiary/aromatic N) is 3. The van der Waals surface area contributed by atoms with Gasteiger partial charge in [0.25, 0.3) is 11.5 Å². The lowest BCUT2D eigenvalue weighted by Gasteiger charge is -2.12. The summed E-state index contributed by atoms with van der Waals surface area (Å²) in [7, 11) is 0. The fourth-order valence-electron chi connectivity index (χ4n) is 2.88. The number of alkyl halides is 3. The molecule has 2 aromatic carbocycles. The fourth-order valence-corrected chi connectivity index (χ4v) is 4.13. The standard InChI is InChI=1S/C20H12ClF3N4O2S/c21-15-8-4-2-6-13(15)18-27-28-16(29)9-11(26-19(28)31-18)10-25-17(30)12-5-1-3-7-14(12)20(22,23)24/h1-9H,10H2,(H,25,30). The van der Waals surface area contributed by atoms with E-state index in [-0.39, 0.29) is 17.2 Å². The minimum atomic E-state index is -4.67. The molecule has 1 N–H and O–H groups in total. The van der Waals surface area contributed by atoms with Gasteiger partial charge in [-0.1, -0.05) is 53.3 Å². The van der Waals surface area contributed by atoms with E-state index in [1.54, 1.807) is 24.3 Å². The van der Waals surface area contributed by atoms with Gasteiger partial charge in [-0.2, -0.15) is 22.8 Å². The van der Waals surface area contributed by atoms with Crippen molar-refractivity contribution in [1.29, 1.82) is 0 Å². The van der Waals surface area contributed by atoms with Crippen molar-refractivity contribution < 1.29 is 18.0 Å². The zero-order chi connectivity index (χ0) is 22.2. The van der Waals surface area contributed by atoms with Crippen LogP contribution in [-0.4, -0.2) is 20.5 Å². The summed E-state index contributed by atoms with van der Waals surface area (Å²) in [6, 6.07) is 12.6. The number of benzene rings is 2. The normalized spacial score (nSPS) is 11.6. The van der Waals surface area contributed by atoms with E-state index in [4.69, 9.17) is 11.6 Å². The minimum Gasteiger partial charge on any atom is -0.346 e. The Hall–Kier alpha value is -3.24. The summed E-state index contributed by atoms with van der Waals surface area (Å²) in [6.45, 7) is -0.226.